The molecule has 0 saturated carbocycles. The second kappa shape index (κ2) is 5.01. The summed E-state index contributed by atoms with van der Waals surface area (Å²) in [5, 5.41) is 37.9. The van der Waals surface area contributed by atoms with Crippen molar-refractivity contribution in [3.05, 3.63) is 21.7 Å². The molecule has 1 saturated heterocycles. The predicted molar refractivity (Wildman–Crippen MR) is 65.5 cm³/mol. The van der Waals surface area contributed by atoms with E-state index in [9.17, 15) is 20.3 Å². The molecule has 1 aromatic rings. The van der Waals surface area contributed by atoms with Crippen molar-refractivity contribution in [2.75, 3.05) is 12.3 Å². The Balaban J connectivity index is 2.62. The fourth-order valence-electron chi connectivity index (χ4n) is 1.98. The van der Waals surface area contributed by atoms with E-state index in [1.807, 2.05) is 0 Å². The zero-order valence-corrected chi connectivity index (χ0v) is 10.7. The van der Waals surface area contributed by atoms with Crippen LogP contribution in [0.3, 0.4) is 0 Å². The number of nitrogen functional groups attached to an aromatic ring is 1. The lowest BCUT2D eigenvalue weighted by Crippen LogP contribution is -2.49. The van der Waals surface area contributed by atoms with E-state index in [-0.39, 0.29) is 10.8 Å². The van der Waals surface area contributed by atoms with Crippen molar-refractivity contribution in [2.45, 2.75) is 24.0 Å². The number of nitrogens with two attached hydrogens (primary N) is 1. The number of ether oxygens (including phenoxy) is 1. The number of anilines is 1. The predicted octanol–water partition coefficient (Wildman–Crippen LogP) is -2.23. The van der Waals surface area contributed by atoms with Crippen LogP contribution in [0.1, 0.15) is 0 Å². The molecular weight excluding hydrogens is 292 g/mol. The van der Waals surface area contributed by atoms with Gasteiger partial charge >= 0.3 is 5.69 Å². The maximum atomic E-state index is 11.8. The first kappa shape index (κ1) is 14.7. The summed E-state index contributed by atoms with van der Waals surface area (Å²) in [4.78, 5) is 15.2. The monoisotopic (exact) mass is 302 g/mol. The Kier molecular flexibility index (Phi) is 3.68. The molecule has 10 heteroatoms. The lowest BCUT2D eigenvalue weighted by Gasteiger charge is -2.26. The third-order valence-corrected chi connectivity index (χ3v) is 3.33. The highest BCUT2D eigenvalue weighted by molar-refractivity contribution is 6.32. The molecule has 2 heterocycles. The summed E-state index contributed by atoms with van der Waals surface area (Å²) < 4.78 is 5.78. The normalized spacial score (nSPS) is 33.0. The highest BCUT2D eigenvalue weighted by Gasteiger charge is 2.57. The van der Waals surface area contributed by atoms with Gasteiger partial charge in [0, 0.05) is 6.20 Å². The maximum Gasteiger partial charge on any atom is 0.352 e. The van der Waals surface area contributed by atoms with Crippen molar-refractivity contribution >= 4 is 17.4 Å². The van der Waals surface area contributed by atoms with Crippen LogP contribution in [0.4, 0.5) is 5.82 Å². The number of aromatic nitrogens is 2. The third-order valence-electron chi connectivity index (χ3n) is 3.04. The summed E-state index contributed by atoms with van der Waals surface area (Å²) in [6.45, 7) is -0.646. The van der Waals surface area contributed by atoms with Crippen molar-refractivity contribution in [3.63, 3.8) is 0 Å². The van der Waals surface area contributed by atoms with Gasteiger partial charge < -0.3 is 25.8 Å². The fraction of sp³-hybridized carbons (Fsp3) is 0.500. The molecule has 4 atom stereocenters. The summed E-state index contributed by atoms with van der Waals surface area (Å²) in [5.74, 6) is -0.243. The van der Waals surface area contributed by atoms with Gasteiger partial charge in [0.1, 0.15) is 30.2 Å². The number of halogens is 1. The van der Waals surface area contributed by atoms with Crippen molar-refractivity contribution in [2.24, 2.45) is 0 Å². The van der Waals surface area contributed by atoms with Crippen molar-refractivity contribution in [1.82, 2.24) is 9.55 Å². The molecule has 4 unspecified atom stereocenters. The molecule has 1 aromatic heterocycles. The van der Waals surface area contributed by atoms with E-state index in [2.05, 4.69) is 4.98 Å². The highest BCUT2D eigenvalue weighted by atomic mass is 35.5. The smallest absolute Gasteiger partial charge is 0.352 e. The van der Waals surface area contributed by atoms with Gasteiger partial charge in [-0.2, -0.15) is 10.2 Å². The lowest BCUT2D eigenvalue weighted by atomic mass is 10.0. The molecule has 1 fully saturated rings. The number of nitriles is 1. The lowest BCUT2D eigenvalue weighted by molar-refractivity contribution is -0.109. The van der Waals surface area contributed by atoms with Crippen LogP contribution in [0, 0.1) is 11.3 Å². The Morgan fingerprint density at radius 1 is 1.65 bits per heavy atom. The molecule has 0 amide bonds. The van der Waals surface area contributed by atoms with Gasteiger partial charge in [-0.1, -0.05) is 11.6 Å². The minimum absolute atomic E-state index is 0.128. The van der Waals surface area contributed by atoms with Crippen LogP contribution >= 0.6 is 11.6 Å². The van der Waals surface area contributed by atoms with Gasteiger partial charge in [-0.05, 0) is 0 Å². The average Bonchev–Trinajstić information content (AvgIpc) is 2.68. The first-order valence-electron chi connectivity index (χ1n) is 5.48. The molecule has 0 aliphatic carbocycles. The molecule has 1 aliphatic rings. The number of rotatable bonds is 2. The molecule has 0 aromatic carbocycles. The summed E-state index contributed by atoms with van der Waals surface area (Å²) in [7, 11) is 0. The standard InChI is InChI=1S/C10H11ClN4O5/c11-4-1-15(9(19)14-8(4)13)10(3-12)7(18)6(17)5(2-16)20-10/h1,5-7,16-18H,2H2,(H2,13,14,19). The molecule has 9 nitrogen and oxygen atoms in total. The zero-order chi connectivity index (χ0) is 15.1. The molecule has 108 valence electrons. The van der Waals surface area contributed by atoms with Crippen LogP contribution < -0.4 is 11.4 Å². The van der Waals surface area contributed by atoms with Crippen LogP contribution in [-0.2, 0) is 10.5 Å². The second-order valence-electron chi connectivity index (χ2n) is 4.21. The maximum absolute atomic E-state index is 11.8. The van der Waals surface area contributed by atoms with Crippen LogP contribution in [-0.4, -0.2) is 49.8 Å². The highest BCUT2D eigenvalue weighted by Crippen LogP contribution is 2.34. The van der Waals surface area contributed by atoms with Gasteiger partial charge in [-0.25, -0.2) is 4.79 Å². The van der Waals surface area contributed by atoms with Gasteiger partial charge in [0.25, 0.3) is 5.72 Å². The number of hydrogen-bond donors (Lipinski definition) is 4. The average molecular weight is 303 g/mol. The quantitative estimate of drug-likeness (QED) is 0.478. The van der Waals surface area contributed by atoms with Crippen molar-refractivity contribution in [1.29, 1.82) is 5.26 Å². The second-order valence-corrected chi connectivity index (χ2v) is 4.62. The Morgan fingerprint density at radius 3 is 2.80 bits per heavy atom. The Bertz CT molecular complexity index is 629. The topological polar surface area (TPSA) is 155 Å². The van der Waals surface area contributed by atoms with Gasteiger partial charge in [-0.3, -0.25) is 4.57 Å². The molecule has 0 radical (unpaired) electrons. The van der Waals surface area contributed by atoms with E-state index in [0.29, 0.717) is 4.57 Å². The van der Waals surface area contributed by atoms with E-state index >= 15 is 0 Å². The summed E-state index contributed by atoms with van der Waals surface area (Å²) in [6.07, 6.45) is -3.58. The molecular formula is C10H11ClN4O5. The Labute approximate surface area is 117 Å². The van der Waals surface area contributed by atoms with Gasteiger partial charge in [0.2, 0.25) is 0 Å². The third kappa shape index (κ3) is 1.94. The minimum Gasteiger partial charge on any atom is -0.394 e. The summed E-state index contributed by atoms with van der Waals surface area (Å²) in [6, 6.07) is 1.61. The van der Waals surface area contributed by atoms with Crippen molar-refractivity contribution < 1.29 is 20.1 Å². The molecule has 5 N–H and O–H groups in total. The van der Waals surface area contributed by atoms with Crippen LogP contribution in [0.5, 0.6) is 0 Å². The van der Waals surface area contributed by atoms with E-state index in [1.54, 1.807) is 6.07 Å². The molecule has 2 rings (SSSR count). The fourth-order valence-corrected chi connectivity index (χ4v) is 2.12. The number of aliphatic hydroxyl groups is 3. The number of hydrogen-bond acceptors (Lipinski definition) is 8. The van der Waals surface area contributed by atoms with E-state index in [0.717, 1.165) is 6.20 Å². The first-order chi connectivity index (χ1) is 9.37. The van der Waals surface area contributed by atoms with Gasteiger partial charge in [-0.15, -0.1) is 0 Å². The van der Waals surface area contributed by atoms with E-state index in [1.165, 1.54) is 0 Å². The van der Waals surface area contributed by atoms with E-state index in [4.69, 9.17) is 27.2 Å². The first-order valence-corrected chi connectivity index (χ1v) is 5.86. The SMILES string of the molecule is N#CC1(n2cc(Cl)c(N)nc2=O)OC(CO)C(O)C1O. The molecule has 0 bridgehead atoms. The largest absolute Gasteiger partial charge is 0.394 e. The minimum atomic E-state index is -2.24. The number of aliphatic hydroxyl groups excluding tert-OH is 3. The zero-order valence-electron chi connectivity index (χ0n) is 9.97. The summed E-state index contributed by atoms with van der Waals surface area (Å²) in [5.41, 5.74) is 2.13. The van der Waals surface area contributed by atoms with Crippen LogP contribution in [0.2, 0.25) is 5.02 Å². The molecule has 0 spiro atoms. The Morgan fingerprint density at radius 2 is 2.30 bits per heavy atom. The van der Waals surface area contributed by atoms with Gasteiger partial charge in [0.15, 0.2) is 0 Å². The van der Waals surface area contributed by atoms with Crippen LogP contribution in [0.25, 0.3) is 0 Å². The van der Waals surface area contributed by atoms with Gasteiger partial charge in [0.05, 0.1) is 11.6 Å². The van der Waals surface area contributed by atoms with Crippen LogP contribution in [0.15, 0.2) is 11.0 Å². The summed E-state index contributed by atoms with van der Waals surface area (Å²) >= 11 is 5.73. The van der Waals surface area contributed by atoms with Crippen molar-refractivity contribution in [3.8, 4) is 6.07 Å². The number of nitrogens with zero attached hydrogens (tertiary/aromatic N) is 3. The molecule has 1 aliphatic heterocycles. The van der Waals surface area contributed by atoms with E-state index < -0.39 is 36.3 Å². The Hall–Kier alpha value is -1.70. The molecule has 20 heavy (non-hydrogen) atoms.